The number of hydrogen-bond acceptors (Lipinski definition) is 4. The summed E-state index contributed by atoms with van der Waals surface area (Å²) in [6.07, 6.45) is -1.18. The van der Waals surface area contributed by atoms with E-state index in [2.05, 4.69) is 16.9 Å². The van der Waals surface area contributed by atoms with E-state index in [0.717, 1.165) is 31.5 Å². The Labute approximate surface area is 121 Å². The Bertz CT molecular complexity index is 531. The van der Waals surface area contributed by atoms with E-state index in [1.807, 2.05) is 4.90 Å². The van der Waals surface area contributed by atoms with Crippen molar-refractivity contribution in [3.05, 3.63) is 17.7 Å². The van der Waals surface area contributed by atoms with Crippen LogP contribution in [0.3, 0.4) is 0 Å². The van der Waals surface area contributed by atoms with Gasteiger partial charge in [-0.3, -0.25) is 4.90 Å². The van der Waals surface area contributed by atoms with Crippen molar-refractivity contribution in [1.82, 2.24) is 9.88 Å². The monoisotopic (exact) mass is 300 g/mol. The lowest BCUT2D eigenvalue weighted by Crippen LogP contribution is -2.37. The third-order valence-electron chi connectivity index (χ3n) is 4.63. The molecule has 2 unspecified atom stereocenters. The number of hydrogen-bond donors (Lipinski definition) is 1. The minimum atomic E-state index is -4.40. The van der Waals surface area contributed by atoms with Crippen LogP contribution in [0.15, 0.2) is 12.1 Å². The topological polar surface area (TPSA) is 45.4 Å². The molecule has 7 heteroatoms. The van der Waals surface area contributed by atoms with Gasteiger partial charge in [-0.2, -0.15) is 13.2 Å². The number of likely N-dealkylation sites (N-methyl/N-ethyl adjacent to an activating group) is 1. The second kappa shape index (κ2) is 5.05. The molecular formula is C14H19F3N4. The molecule has 0 spiro atoms. The number of nitrogens with zero attached hydrogens (tertiary/aromatic N) is 3. The van der Waals surface area contributed by atoms with Gasteiger partial charge in [0.2, 0.25) is 0 Å². The summed E-state index contributed by atoms with van der Waals surface area (Å²) >= 11 is 0. The summed E-state index contributed by atoms with van der Waals surface area (Å²) in [5.74, 6) is 0.255. The fraction of sp³-hybridized carbons (Fsp3) is 0.643. The van der Waals surface area contributed by atoms with E-state index >= 15 is 0 Å². The van der Waals surface area contributed by atoms with E-state index in [0.29, 0.717) is 24.4 Å². The highest BCUT2D eigenvalue weighted by Crippen LogP contribution is 2.34. The van der Waals surface area contributed by atoms with Crippen LogP contribution in [-0.2, 0) is 6.18 Å². The number of alkyl halides is 3. The molecule has 3 heterocycles. The largest absolute Gasteiger partial charge is 0.416 e. The molecule has 0 aromatic carbocycles. The molecule has 2 fully saturated rings. The molecule has 116 valence electrons. The quantitative estimate of drug-likeness (QED) is 0.865. The van der Waals surface area contributed by atoms with Crippen LogP contribution >= 0.6 is 0 Å². The maximum Gasteiger partial charge on any atom is 0.416 e. The summed E-state index contributed by atoms with van der Waals surface area (Å²) in [5, 5.41) is 0. The van der Waals surface area contributed by atoms with Crippen molar-refractivity contribution >= 4 is 11.6 Å². The second-order valence-corrected chi connectivity index (χ2v) is 5.92. The molecule has 3 rings (SSSR count). The molecule has 21 heavy (non-hydrogen) atoms. The fourth-order valence-electron chi connectivity index (χ4n) is 3.38. The Kier molecular flexibility index (Phi) is 3.47. The van der Waals surface area contributed by atoms with Crippen LogP contribution in [0, 0.1) is 0 Å². The molecule has 0 saturated carbocycles. The number of nitrogens with two attached hydrogens (primary N) is 1. The van der Waals surface area contributed by atoms with Gasteiger partial charge in [0.15, 0.2) is 0 Å². The second-order valence-electron chi connectivity index (χ2n) is 5.92. The molecule has 0 amide bonds. The van der Waals surface area contributed by atoms with Crippen molar-refractivity contribution in [2.75, 3.05) is 30.8 Å². The standard InChI is InChI=1S/C14H19F3N4/c1-20-10-2-3-11(20)8-21(5-4-10)13-7-9(14(15,16)17)6-12(18)19-13/h6-7,10-11H,2-5,8H2,1H3,(H2,18,19). The number of aromatic nitrogens is 1. The molecule has 2 bridgehead atoms. The summed E-state index contributed by atoms with van der Waals surface area (Å²) in [4.78, 5) is 8.39. The predicted molar refractivity (Wildman–Crippen MR) is 75.1 cm³/mol. The van der Waals surface area contributed by atoms with E-state index < -0.39 is 11.7 Å². The zero-order valence-corrected chi connectivity index (χ0v) is 11.9. The smallest absolute Gasteiger partial charge is 0.384 e. The highest BCUT2D eigenvalue weighted by atomic mass is 19.4. The zero-order chi connectivity index (χ0) is 15.2. The molecule has 0 aliphatic carbocycles. The first-order valence-corrected chi connectivity index (χ1v) is 7.16. The lowest BCUT2D eigenvalue weighted by molar-refractivity contribution is -0.137. The molecular weight excluding hydrogens is 281 g/mol. The Morgan fingerprint density at radius 1 is 1.19 bits per heavy atom. The summed E-state index contributed by atoms with van der Waals surface area (Å²) in [7, 11) is 2.10. The van der Waals surface area contributed by atoms with Gasteiger partial charge in [-0.1, -0.05) is 0 Å². The third kappa shape index (κ3) is 2.79. The van der Waals surface area contributed by atoms with E-state index in [4.69, 9.17) is 5.73 Å². The van der Waals surface area contributed by atoms with Gasteiger partial charge in [-0.05, 0) is 38.4 Å². The molecule has 2 saturated heterocycles. The average Bonchev–Trinajstić information content (AvgIpc) is 2.61. The lowest BCUT2D eigenvalue weighted by atomic mass is 10.1. The van der Waals surface area contributed by atoms with Gasteiger partial charge < -0.3 is 10.6 Å². The van der Waals surface area contributed by atoms with Gasteiger partial charge in [0.05, 0.1) is 5.56 Å². The first kappa shape index (κ1) is 14.4. The summed E-state index contributed by atoms with van der Waals surface area (Å²) in [6, 6.07) is 2.91. The SMILES string of the molecule is CN1C2CCC1CN(c1cc(C(F)(F)F)cc(N)n1)CC2. The Hall–Kier alpha value is -1.50. The molecule has 2 atom stereocenters. The maximum atomic E-state index is 12.9. The first-order chi connectivity index (χ1) is 9.84. The zero-order valence-electron chi connectivity index (χ0n) is 11.9. The number of anilines is 2. The third-order valence-corrected chi connectivity index (χ3v) is 4.63. The van der Waals surface area contributed by atoms with Crippen molar-refractivity contribution in [3.63, 3.8) is 0 Å². The van der Waals surface area contributed by atoms with Gasteiger partial charge in [0.25, 0.3) is 0 Å². The van der Waals surface area contributed by atoms with Crippen LogP contribution < -0.4 is 10.6 Å². The molecule has 2 aliphatic rings. The van der Waals surface area contributed by atoms with E-state index in [-0.39, 0.29) is 5.82 Å². The number of rotatable bonds is 1. The van der Waals surface area contributed by atoms with E-state index in [1.54, 1.807) is 0 Å². The van der Waals surface area contributed by atoms with Crippen LogP contribution in [0.4, 0.5) is 24.8 Å². The molecule has 2 N–H and O–H groups in total. The van der Waals surface area contributed by atoms with Gasteiger partial charge in [0, 0.05) is 25.2 Å². The van der Waals surface area contributed by atoms with Crippen LogP contribution in [0.2, 0.25) is 0 Å². The Morgan fingerprint density at radius 3 is 2.62 bits per heavy atom. The highest BCUT2D eigenvalue weighted by Gasteiger charge is 2.36. The van der Waals surface area contributed by atoms with E-state index in [1.165, 1.54) is 6.42 Å². The molecule has 0 radical (unpaired) electrons. The summed E-state index contributed by atoms with van der Waals surface area (Å²) in [6.45, 7) is 1.43. The lowest BCUT2D eigenvalue weighted by Gasteiger charge is -2.27. The van der Waals surface area contributed by atoms with Crippen LogP contribution in [0.1, 0.15) is 24.8 Å². The minimum absolute atomic E-state index is 0.0809. The summed E-state index contributed by atoms with van der Waals surface area (Å²) in [5.41, 5.74) is 4.83. The number of pyridine rings is 1. The highest BCUT2D eigenvalue weighted by molar-refractivity contribution is 5.49. The molecule has 4 nitrogen and oxygen atoms in total. The summed E-state index contributed by atoms with van der Waals surface area (Å²) < 4.78 is 38.7. The van der Waals surface area contributed by atoms with Crippen molar-refractivity contribution in [2.45, 2.75) is 37.5 Å². The number of fused-ring (bicyclic) bond motifs is 2. The van der Waals surface area contributed by atoms with Crippen LogP contribution in [-0.4, -0.2) is 42.1 Å². The molecule has 2 aliphatic heterocycles. The van der Waals surface area contributed by atoms with E-state index in [9.17, 15) is 13.2 Å². The Morgan fingerprint density at radius 2 is 1.90 bits per heavy atom. The van der Waals surface area contributed by atoms with Crippen molar-refractivity contribution in [1.29, 1.82) is 0 Å². The average molecular weight is 300 g/mol. The number of nitrogen functional groups attached to an aromatic ring is 1. The molecule has 1 aromatic rings. The van der Waals surface area contributed by atoms with Crippen molar-refractivity contribution < 1.29 is 13.2 Å². The fourth-order valence-corrected chi connectivity index (χ4v) is 3.38. The Balaban J connectivity index is 1.88. The van der Waals surface area contributed by atoms with Crippen molar-refractivity contribution in [3.8, 4) is 0 Å². The van der Waals surface area contributed by atoms with Gasteiger partial charge in [-0.15, -0.1) is 0 Å². The first-order valence-electron chi connectivity index (χ1n) is 7.16. The minimum Gasteiger partial charge on any atom is -0.384 e. The van der Waals surface area contributed by atoms with Crippen LogP contribution in [0.25, 0.3) is 0 Å². The number of halogens is 3. The molecule has 1 aromatic heterocycles. The predicted octanol–water partition coefficient (Wildman–Crippen LogP) is 2.36. The maximum absolute atomic E-state index is 12.9. The van der Waals surface area contributed by atoms with Crippen LogP contribution in [0.5, 0.6) is 0 Å². The van der Waals surface area contributed by atoms with Gasteiger partial charge in [0.1, 0.15) is 11.6 Å². The van der Waals surface area contributed by atoms with Gasteiger partial charge in [-0.25, -0.2) is 4.98 Å². The van der Waals surface area contributed by atoms with Gasteiger partial charge >= 0.3 is 6.18 Å². The van der Waals surface area contributed by atoms with Crippen molar-refractivity contribution in [2.24, 2.45) is 0 Å². The normalized spacial score (nSPS) is 27.0.